The maximum atomic E-state index is 12.7. The van der Waals surface area contributed by atoms with Gasteiger partial charge in [0.25, 0.3) is 0 Å². The lowest BCUT2D eigenvalue weighted by Gasteiger charge is -2.40. The Hall–Kier alpha value is -2.19. The first-order chi connectivity index (χ1) is 19.4. The minimum absolute atomic E-state index is 0.0516. The summed E-state index contributed by atoms with van der Waals surface area (Å²) < 4.78 is 6.83. The van der Waals surface area contributed by atoms with Crippen LogP contribution in [0.25, 0.3) is 0 Å². The Kier molecular flexibility index (Phi) is 12.5. The predicted octanol–water partition coefficient (Wildman–Crippen LogP) is 6.80. The highest BCUT2D eigenvalue weighted by atomic mass is 28.4. The van der Waals surface area contributed by atoms with E-state index in [1.165, 1.54) is 44.1 Å². The lowest BCUT2D eigenvalue weighted by molar-refractivity contribution is -0.120. The van der Waals surface area contributed by atoms with E-state index in [0.29, 0.717) is 24.4 Å². The van der Waals surface area contributed by atoms with Crippen LogP contribution >= 0.6 is 0 Å². The summed E-state index contributed by atoms with van der Waals surface area (Å²) in [5, 5.41) is 26.7. The number of carbonyl (C=O) groups excluding carboxylic acids is 1. The molecule has 0 radical (unpaired) electrons. The van der Waals surface area contributed by atoms with Gasteiger partial charge in [-0.05, 0) is 79.1 Å². The van der Waals surface area contributed by atoms with Gasteiger partial charge in [0.2, 0.25) is 5.91 Å². The summed E-state index contributed by atoms with van der Waals surface area (Å²) in [5.41, 5.74) is 3.71. The molecule has 0 unspecified atom stereocenters. The number of aliphatic hydroxyl groups excluding tert-OH is 1. The molecular formula is C34H54N2O4Si. The van der Waals surface area contributed by atoms with Gasteiger partial charge in [-0.3, -0.25) is 4.79 Å². The second-order valence-electron chi connectivity index (χ2n) is 13.6. The molecule has 2 aromatic rings. The molecular weight excluding hydrogens is 528 g/mol. The first-order valence-corrected chi connectivity index (χ1v) is 18.5. The number of aromatic hydroxyl groups is 1. The summed E-state index contributed by atoms with van der Waals surface area (Å²) >= 11 is 0. The van der Waals surface area contributed by atoms with E-state index < -0.39 is 8.32 Å². The van der Waals surface area contributed by atoms with Crippen molar-refractivity contribution in [2.75, 3.05) is 13.1 Å². The molecule has 2 aromatic carbocycles. The number of nitrogens with one attached hydrogen (secondary N) is 2. The van der Waals surface area contributed by atoms with Crippen LogP contribution in [0.5, 0.6) is 5.75 Å². The molecule has 228 valence electrons. The molecule has 1 amide bonds. The summed E-state index contributed by atoms with van der Waals surface area (Å²) in [6.07, 6.45) is 8.75. The van der Waals surface area contributed by atoms with Crippen LogP contribution in [0, 0.1) is 5.92 Å². The van der Waals surface area contributed by atoms with Gasteiger partial charge >= 0.3 is 0 Å². The molecule has 2 atom stereocenters. The van der Waals surface area contributed by atoms with Gasteiger partial charge in [-0.1, -0.05) is 76.8 Å². The lowest BCUT2D eigenvalue weighted by Crippen LogP contribution is -2.44. The van der Waals surface area contributed by atoms with Crippen molar-refractivity contribution in [3.63, 3.8) is 0 Å². The Morgan fingerprint density at radius 1 is 1.05 bits per heavy atom. The monoisotopic (exact) mass is 582 g/mol. The molecule has 0 spiro atoms. The fourth-order valence-corrected chi connectivity index (χ4v) is 6.65. The van der Waals surface area contributed by atoms with E-state index in [1.54, 1.807) is 6.07 Å². The molecule has 0 saturated heterocycles. The van der Waals surface area contributed by atoms with E-state index >= 15 is 0 Å². The van der Waals surface area contributed by atoms with Gasteiger partial charge < -0.3 is 25.3 Å². The molecule has 41 heavy (non-hydrogen) atoms. The standard InChI is InChI=1S/C34H54N2O4Si/c1-25(18-27-14-11-15-28(19-27)20-33(39)36-22-26-12-9-7-8-10-13-26)35-23-32(40-41(5,6)34(2,3)4)29-16-17-31(38)30(21-29)24-37/h11,14-17,19,21,25-26,32,35,37-38H,7-10,12-13,18,20,22-24H2,1-6H3,(H,36,39)/t25-,32+/m1/s1. The van der Waals surface area contributed by atoms with E-state index in [2.05, 4.69) is 63.6 Å². The maximum absolute atomic E-state index is 12.7. The summed E-state index contributed by atoms with van der Waals surface area (Å²) in [4.78, 5) is 12.7. The molecule has 3 rings (SSSR count). The van der Waals surface area contributed by atoms with Crippen LogP contribution in [0.2, 0.25) is 18.1 Å². The lowest BCUT2D eigenvalue weighted by atomic mass is 10.00. The molecule has 1 aliphatic carbocycles. The van der Waals surface area contributed by atoms with Gasteiger partial charge in [0.05, 0.1) is 19.1 Å². The van der Waals surface area contributed by atoms with E-state index in [9.17, 15) is 15.0 Å². The third-order valence-electron chi connectivity index (χ3n) is 9.00. The maximum Gasteiger partial charge on any atom is 0.224 e. The van der Waals surface area contributed by atoms with E-state index in [4.69, 9.17) is 4.43 Å². The first kappa shape index (κ1) is 33.3. The molecule has 0 aliphatic heterocycles. The number of aliphatic hydroxyl groups is 1. The summed E-state index contributed by atoms with van der Waals surface area (Å²) in [6, 6.07) is 13.9. The number of hydrogen-bond donors (Lipinski definition) is 4. The molecule has 1 saturated carbocycles. The third-order valence-corrected chi connectivity index (χ3v) is 13.5. The predicted molar refractivity (Wildman–Crippen MR) is 171 cm³/mol. The highest BCUT2D eigenvalue weighted by Gasteiger charge is 2.39. The van der Waals surface area contributed by atoms with Crippen molar-refractivity contribution in [2.24, 2.45) is 5.92 Å². The Labute approximate surface area is 249 Å². The van der Waals surface area contributed by atoms with Crippen LogP contribution in [0.3, 0.4) is 0 Å². The highest BCUT2D eigenvalue weighted by molar-refractivity contribution is 6.74. The Bertz CT molecular complexity index is 1110. The number of carbonyl (C=O) groups is 1. The van der Waals surface area contributed by atoms with Crippen LogP contribution in [-0.4, -0.2) is 43.6 Å². The van der Waals surface area contributed by atoms with Crippen LogP contribution in [0.4, 0.5) is 0 Å². The Morgan fingerprint density at radius 3 is 2.39 bits per heavy atom. The SMILES string of the molecule is C[C@H](Cc1cccc(CC(=O)NCC2CCCCCC2)c1)NC[C@H](O[Si](C)(C)C(C)(C)C)c1ccc(O)c(CO)c1. The molecule has 4 N–H and O–H groups in total. The van der Waals surface area contributed by atoms with Crippen molar-refractivity contribution in [1.29, 1.82) is 0 Å². The largest absolute Gasteiger partial charge is 0.508 e. The summed E-state index contributed by atoms with van der Waals surface area (Å²) in [7, 11) is -2.08. The minimum Gasteiger partial charge on any atom is -0.508 e. The molecule has 0 heterocycles. The van der Waals surface area contributed by atoms with Crippen molar-refractivity contribution >= 4 is 14.2 Å². The normalized spacial score (nSPS) is 16.7. The number of benzene rings is 2. The third kappa shape index (κ3) is 10.5. The zero-order chi connectivity index (χ0) is 30.0. The summed E-state index contributed by atoms with van der Waals surface area (Å²) in [5.74, 6) is 0.835. The second kappa shape index (κ2) is 15.3. The molecule has 0 bridgehead atoms. The van der Waals surface area contributed by atoms with Crippen LogP contribution < -0.4 is 10.6 Å². The zero-order valence-corrected chi connectivity index (χ0v) is 27.3. The van der Waals surface area contributed by atoms with Gasteiger partial charge in [-0.25, -0.2) is 0 Å². The van der Waals surface area contributed by atoms with Crippen molar-refractivity contribution in [3.05, 3.63) is 64.7 Å². The minimum atomic E-state index is -2.08. The molecule has 6 nitrogen and oxygen atoms in total. The summed E-state index contributed by atoms with van der Waals surface area (Å²) in [6.45, 7) is 14.6. The van der Waals surface area contributed by atoms with Gasteiger partial charge in [-0.2, -0.15) is 0 Å². The topological polar surface area (TPSA) is 90.8 Å². The Balaban J connectivity index is 1.59. The number of hydrogen-bond acceptors (Lipinski definition) is 5. The number of amides is 1. The van der Waals surface area contributed by atoms with Crippen molar-refractivity contribution < 1.29 is 19.4 Å². The molecule has 7 heteroatoms. The van der Waals surface area contributed by atoms with E-state index in [0.717, 1.165) is 24.1 Å². The fourth-order valence-electron chi connectivity index (χ4n) is 5.37. The quantitative estimate of drug-likeness (QED) is 0.154. The van der Waals surface area contributed by atoms with Gasteiger partial charge in [0, 0.05) is 24.7 Å². The van der Waals surface area contributed by atoms with E-state index in [1.807, 2.05) is 24.3 Å². The molecule has 1 aliphatic rings. The molecule has 1 fully saturated rings. The van der Waals surface area contributed by atoms with Crippen LogP contribution in [-0.2, 0) is 28.7 Å². The number of phenols is 1. The van der Waals surface area contributed by atoms with Crippen molar-refractivity contribution in [3.8, 4) is 5.75 Å². The van der Waals surface area contributed by atoms with Gasteiger partial charge in [0.1, 0.15) is 5.75 Å². The zero-order valence-electron chi connectivity index (χ0n) is 26.3. The van der Waals surface area contributed by atoms with E-state index in [-0.39, 0.29) is 35.4 Å². The average molecular weight is 583 g/mol. The Morgan fingerprint density at radius 2 is 1.73 bits per heavy atom. The van der Waals surface area contributed by atoms with Crippen molar-refractivity contribution in [1.82, 2.24) is 10.6 Å². The van der Waals surface area contributed by atoms with Crippen LogP contribution in [0.15, 0.2) is 42.5 Å². The number of rotatable bonds is 13. The van der Waals surface area contributed by atoms with Crippen molar-refractivity contribution in [2.45, 2.75) is 116 Å². The van der Waals surface area contributed by atoms with Gasteiger partial charge in [-0.15, -0.1) is 0 Å². The fraction of sp³-hybridized carbons (Fsp3) is 0.618. The van der Waals surface area contributed by atoms with Crippen LogP contribution in [0.1, 0.15) is 94.6 Å². The molecule has 0 aromatic heterocycles. The highest BCUT2D eigenvalue weighted by Crippen LogP contribution is 2.40. The average Bonchev–Trinajstić information content (AvgIpc) is 3.19. The van der Waals surface area contributed by atoms with Gasteiger partial charge in [0.15, 0.2) is 8.32 Å². The second-order valence-corrected chi connectivity index (χ2v) is 18.3. The first-order valence-electron chi connectivity index (χ1n) is 15.6. The smallest absolute Gasteiger partial charge is 0.224 e.